The van der Waals surface area contributed by atoms with Crippen molar-refractivity contribution in [3.8, 4) is 0 Å². The van der Waals surface area contributed by atoms with E-state index in [4.69, 9.17) is 30.0 Å². The summed E-state index contributed by atoms with van der Waals surface area (Å²) in [4.78, 5) is 54.2. The number of hydrogen-bond acceptors (Lipinski definition) is 14. The van der Waals surface area contributed by atoms with Crippen molar-refractivity contribution in [3.05, 3.63) is 29.3 Å². The summed E-state index contributed by atoms with van der Waals surface area (Å²) in [5.41, 5.74) is -8.29. The van der Waals surface area contributed by atoms with Crippen LogP contribution in [-0.2, 0) is 47.7 Å². The van der Waals surface area contributed by atoms with Crippen LogP contribution in [0.4, 0.5) is 13.2 Å². The van der Waals surface area contributed by atoms with Gasteiger partial charge in [-0.15, -0.1) is 0 Å². The summed E-state index contributed by atoms with van der Waals surface area (Å²) >= 11 is 6.05. The van der Waals surface area contributed by atoms with Gasteiger partial charge in [-0.05, 0) is 87.5 Å². The highest BCUT2D eigenvalue weighted by Crippen LogP contribution is 2.81. The average Bonchev–Trinajstić information content (AvgIpc) is 4.05. The smallest absolute Gasteiger partial charge is 0.459 e. The molecule has 2 unspecified atom stereocenters. The van der Waals surface area contributed by atoms with Crippen molar-refractivity contribution in [3.63, 3.8) is 0 Å². The van der Waals surface area contributed by atoms with E-state index < -0.39 is 162 Å². The highest BCUT2D eigenvalue weighted by atomic mass is 35.5. The minimum atomic E-state index is -5.50. The number of fused-ring (bicyclic) bond motifs is 9. The number of benzene rings is 1. The third kappa shape index (κ3) is 4.97. The fourth-order valence-electron chi connectivity index (χ4n) is 14.5. The summed E-state index contributed by atoms with van der Waals surface area (Å²) in [7, 11) is -5.05. The van der Waals surface area contributed by atoms with E-state index in [-0.39, 0.29) is 17.4 Å². The second kappa shape index (κ2) is 12.6. The van der Waals surface area contributed by atoms with E-state index in [1.54, 1.807) is 6.92 Å². The fraction of sp³-hybridized carbons (Fsp3) is 0.750. The third-order valence-corrected chi connectivity index (χ3v) is 18.6. The number of amides is 1. The largest absolute Gasteiger partial charge is 0.471 e. The number of rotatable bonds is 6. The fourth-order valence-corrected chi connectivity index (χ4v) is 15.7. The zero-order valence-electron chi connectivity index (χ0n) is 33.3. The maximum absolute atomic E-state index is 14.9. The van der Waals surface area contributed by atoms with E-state index in [1.807, 2.05) is 5.32 Å². The molecule has 1 amide bonds. The predicted molar refractivity (Wildman–Crippen MR) is 195 cm³/mol. The molecule has 2 saturated heterocycles. The number of halogens is 4. The Balaban J connectivity index is 1.34. The van der Waals surface area contributed by atoms with Crippen LogP contribution in [0.1, 0.15) is 54.4 Å². The number of hydrogen-bond donors (Lipinski definition) is 5. The van der Waals surface area contributed by atoms with Crippen molar-refractivity contribution in [2.45, 2.75) is 120 Å². The zero-order chi connectivity index (χ0) is 44.0. The van der Waals surface area contributed by atoms with Gasteiger partial charge in [-0.3, -0.25) is 18.6 Å². The third-order valence-electron chi connectivity index (χ3n) is 17.0. The number of nitrogens with one attached hydrogen (secondary N) is 1. The first-order valence-electron chi connectivity index (χ1n) is 20.1. The second-order valence-corrected chi connectivity index (χ2v) is 21.2. The molecule has 1 aromatic carbocycles. The van der Waals surface area contributed by atoms with Gasteiger partial charge in [-0.1, -0.05) is 25.4 Å². The molecule has 6 saturated carbocycles. The van der Waals surface area contributed by atoms with Gasteiger partial charge in [-0.25, -0.2) is 4.79 Å². The molecule has 0 bridgehead atoms. The van der Waals surface area contributed by atoms with E-state index in [1.165, 1.54) is 26.0 Å². The molecule has 60 heavy (non-hydrogen) atoms. The van der Waals surface area contributed by atoms with Gasteiger partial charge >= 0.3 is 24.0 Å². The highest BCUT2D eigenvalue weighted by molar-refractivity contribution is 7.86. The maximum atomic E-state index is 14.9. The molecule has 9 rings (SSSR count). The van der Waals surface area contributed by atoms with Crippen LogP contribution in [0.5, 0.6) is 0 Å². The summed E-state index contributed by atoms with van der Waals surface area (Å²) in [6.45, 7) is 7.87. The van der Waals surface area contributed by atoms with Gasteiger partial charge in [-0.2, -0.15) is 21.6 Å². The summed E-state index contributed by atoms with van der Waals surface area (Å²) in [6, 6.07) is 2.74. The Morgan fingerprint density at radius 1 is 0.950 bits per heavy atom. The lowest BCUT2D eigenvalue weighted by Crippen LogP contribution is -2.78. The van der Waals surface area contributed by atoms with Crippen LogP contribution in [0.3, 0.4) is 0 Å². The molecule has 0 aromatic heterocycles. The number of ether oxygens (including phenoxy) is 3. The van der Waals surface area contributed by atoms with Crippen LogP contribution in [0.25, 0.3) is 0 Å². The molecule has 0 radical (unpaired) electrons. The van der Waals surface area contributed by atoms with Crippen molar-refractivity contribution < 1.29 is 79.6 Å². The van der Waals surface area contributed by atoms with Gasteiger partial charge in [0.05, 0.1) is 34.0 Å². The molecule has 15 nitrogen and oxygen atoms in total. The Labute approximate surface area is 347 Å². The van der Waals surface area contributed by atoms with Crippen LogP contribution in [-0.4, -0.2) is 113 Å². The highest BCUT2D eigenvalue weighted by Gasteiger charge is 2.94. The van der Waals surface area contributed by atoms with E-state index in [0.29, 0.717) is 6.42 Å². The number of epoxide rings is 1. The monoisotopic (exact) mass is 889 g/mol. The quantitative estimate of drug-likeness (QED) is 0.156. The van der Waals surface area contributed by atoms with Gasteiger partial charge in [0.1, 0.15) is 30.2 Å². The number of aliphatic hydroxyl groups is 4. The van der Waals surface area contributed by atoms with Crippen LogP contribution in [0.15, 0.2) is 29.2 Å². The van der Waals surface area contributed by atoms with E-state index in [9.17, 15) is 61.2 Å². The average molecular weight is 890 g/mol. The molecule has 2 heterocycles. The molecule has 5 N–H and O–H groups in total. The summed E-state index contributed by atoms with van der Waals surface area (Å²) in [5.74, 6) is -17.5. The first-order chi connectivity index (χ1) is 27.7. The first-order valence-corrected chi connectivity index (χ1v) is 21.9. The Morgan fingerprint density at radius 2 is 1.58 bits per heavy atom. The van der Waals surface area contributed by atoms with E-state index in [2.05, 4.69) is 0 Å². The standard InChI is InChI=1S/C40H47ClF3NO14S/c1-13-22-25(36(5)37(6,53)34(52)58-39(36)32(13)57-39)27(48)23-21-24(29(56-15(3)47)31(50)38(22,23)14(2)46)35(4)20(12-16-11-19(16)30(35)49)26(45-33(51)40(42,43)44)28(21)59-60(54,55)18-9-7-17(41)8-10-18/h7-10,13,16,19-32,48-50,53H,11-12H2,1-6H3,(H,45,51)/t13-,16?,19-,20?,21-,22-,23+,24+,25-,26+,27+,28+,29-,30-,31-,32+,35-,36-,37+,38+,39-/m0/s1. The van der Waals surface area contributed by atoms with Crippen LogP contribution < -0.4 is 5.32 Å². The lowest BCUT2D eigenvalue weighted by atomic mass is 9.39. The number of carbonyl (C=O) groups excluding carboxylic acids is 4. The molecule has 8 aliphatic rings. The van der Waals surface area contributed by atoms with E-state index in [0.717, 1.165) is 32.9 Å². The molecule has 330 valence electrons. The molecular weight excluding hydrogens is 843 g/mol. The number of ketones is 1. The van der Waals surface area contributed by atoms with Crippen LogP contribution in [0, 0.1) is 69.5 Å². The molecule has 6 aliphatic carbocycles. The maximum Gasteiger partial charge on any atom is 0.471 e. The number of aliphatic hydroxyl groups excluding tert-OH is 3. The zero-order valence-corrected chi connectivity index (χ0v) is 34.8. The molecule has 8 fully saturated rings. The van der Waals surface area contributed by atoms with Crippen molar-refractivity contribution in [1.82, 2.24) is 5.32 Å². The lowest BCUT2D eigenvalue weighted by molar-refractivity contribution is -0.280. The Bertz CT molecular complexity index is 2190. The minimum Gasteiger partial charge on any atom is -0.459 e. The summed E-state index contributed by atoms with van der Waals surface area (Å²) in [6.07, 6.45) is -15.3. The van der Waals surface area contributed by atoms with Gasteiger partial charge < -0.3 is 40.0 Å². The Hall–Kier alpha value is -2.91. The van der Waals surface area contributed by atoms with Crippen molar-refractivity contribution in [2.24, 2.45) is 69.5 Å². The van der Waals surface area contributed by atoms with E-state index >= 15 is 0 Å². The van der Waals surface area contributed by atoms with Gasteiger partial charge in [0.2, 0.25) is 5.79 Å². The van der Waals surface area contributed by atoms with Crippen molar-refractivity contribution in [1.29, 1.82) is 0 Å². The number of carbonyl (C=O) groups is 4. The molecule has 1 spiro atoms. The molecule has 21 atom stereocenters. The first kappa shape index (κ1) is 42.4. The normalized spacial score (nSPS) is 51.9. The number of Topliss-reactive ketones (excluding diaryl/α,β-unsaturated/α-hetero) is 1. The lowest BCUT2D eigenvalue weighted by Gasteiger charge is -2.67. The van der Waals surface area contributed by atoms with Crippen LogP contribution in [0.2, 0.25) is 5.02 Å². The number of esters is 2. The topological polar surface area (TPSA) is 236 Å². The summed E-state index contributed by atoms with van der Waals surface area (Å²) < 4.78 is 95.9. The van der Waals surface area contributed by atoms with Crippen molar-refractivity contribution >= 4 is 45.3 Å². The second-order valence-electron chi connectivity index (χ2n) is 19.2. The molecule has 1 aromatic rings. The van der Waals surface area contributed by atoms with Crippen molar-refractivity contribution in [2.75, 3.05) is 0 Å². The van der Waals surface area contributed by atoms with Gasteiger partial charge in [0, 0.05) is 41.0 Å². The number of alkyl halides is 3. The van der Waals surface area contributed by atoms with Gasteiger partial charge in [0.25, 0.3) is 10.1 Å². The Kier molecular flexibility index (Phi) is 8.92. The van der Waals surface area contributed by atoms with Crippen LogP contribution >= 0.6 is 11.6 Å². The minimum absolute atomic E-state index is 0.0449. The summed E-state index contributed by atoms with van der Waals surface area (Å²) in [5, 5.41) is 52.7. The SMILES string of the molecule is CC(=O)O[C@H]1[C@H]2[C@@H]([C@@H](OS(=O)(=O)c3ccc(Cl)cc3)[C@H](NC(=O)C(F)(F)F)C3CC4C[C@@H]4[C@H](O)[C@@]32C)[C@@H]2[C@@H](O)[C@@H]3[C@H]([C@H](C)[C@H]4O[C@]45OC(=O)[C@@](C)(O)[C@]35C)[C@@]2(C(C)=O)[C@H]1O. The van der Waals surface area contributed by atoms with Gasteiger partial charge in [0.15, 0.2) is 5.60 Å². The molecular formula is C40H47ClF3NO14S. The molecule has 20 heteroatoms. The molecule has 2 aliphatic heterocycles. The Morgan fingerprint density at radius 3 is 2.17 bits per heavy atom. The predicted octanol–water partition coefficient (Wildman–Crippen LogP) is 1.89.